The molecule has 0 saturated heterocycles. The zero-order valence-electron chi connectivity index (χ0n) is 11.6. The molecule has 0 aliphatic heterocycles. The number of pyridine rings is 1. The monoisotopic (exact) mass is 257 g/mol. The summed E-state index contributed by atoms with van der Waals surface area (Å²) in [7, 11) is 1.38. The summed E-state index contributed by atoms with van der Waals surface area (Å²) >= 11 is 0. The van der Waals surface area contributed by atoms with Crippen molar-refractivity contribution in [3.05, 3.63) is 65.5 Å². The highest BCUT2D eigenvalue weighted by molar-refractivity contribution is 5.90. The molecule has 1 aromatic carbocycles. The van der Waals surface area contributed by atoms with Crippen LogP contribution in [0.5, 0.6) is 0 Å². The van der Waals surface area contributed by atoms with Gasteiger partial charge >= 0.3 is 5.97 Å². The van der Waals surface area contributed by atoms with Crippen LogP contribution in [0, 0.1) is 0 Å². The molecular formula is C16H19NO2. The van der Waals surface area contributed by atoms with Crippen molar-refractivity contribution >= 4 is 5.97 Å². The number of esters is 1. The van der Waals surface area contributed by atoms with Crippen LogP contribution in [0.2, 0.25) is 0 Å². The van der Waals surface area contributed by atoms with Gasteiger partial charge in [0.25, 0.3) is 0 Å². The van der Waals surface area contributed by atoms with E-state index in [4.69, 9.17) is 4.74 Å². The summed E-state index contributed by atoms with van der Waals surface area (Å²) in [6, 6.07) is 13.4. The lowest BCUT2D eigenvalue weighted by molar-refractivity contribution is 0.0599. The number of aromatic nitrogens is 1. The fourth-order valence-electron chi connectivity index (χ4n) is 1.66. The van der Waals surface area contributed by atoms with E-state index in [0.717, 1.165) is 11.3 Å². The first-order valence-corrected chi connectivity index (χ1v) is 6.37. The molecule has 2 rings (SSSR count). The number of ether oxygens (including phenoxy) is 1. The number of benzene rings is 1. The van der Waals surface area contributed by atoms with Crippen LogP contribution >= 0.6 is 0 Å². The molecule has 3 heteroatoms. The summed E-state index contributed by atoms with van der Waals surface area (Å²) in [4.78, 5) is 15.8. The number of carbonyl (C=O) groups excluding carboxylic acids is 1. The van der Waals surface area contributed by atoms with Gasteiger partial charge in [0.15, 0.2) is 0 Å². The molecule has 1 aromatic heterocycles. The van der Waals surface area contributed by atoms with E-state index in [0.29, 0.717) is 12.0 Å². The zero-order chi connectivity index (χ0) is 14.1. The molecule has 0 N–H and O–H groups in total. The van der Waals surface area contributed by atoms with Crippen molar-refractivity contribution in [3.8, 4) is 0 Å². The second kappa shape index (κ2) is 8.03. The van der Waals surface area contributed by atoms with E-state index in [1.165, 1.54) is 7.11 Å². The van der Waals surface area contributed by atoms with E-state index < -0.39 is 0 Å². The van der Waals surface area contributed by atoms with E-state index in [-0.39, 0.29) is 5.97 Å². The van der Waals surface area contributed by atoms with Crippen molar-refractivity contribution in [2.45, 2.75) is 20.3 Å². The van der Waals surface area contributed by atoms with Crippen LogP contribution in [0.25, 0.3) is 0 Å². The highest BCUT2D eigenvalue weighted by atomic mass is 16.5. The minimum Gasteiger partial charge on any atom is -0.465 e. The normalized spacial score (nSPS) is 9.21. The van der Waals surface area contributed by atoms with Crippen LogP contribution in [0.1, 0.15) is 35.5 Å². The lowest BCUT2D eigenvalue weighted by Gasteiger charge is -2.06. The number of carbonyl (C=O) groups is 1. The van der Waals surface area contributed by atoms with Crippen LogP contribution < -0.4 is 0 Å². The molecule has 0 atom stereocenters. The molecule has 0 unspecified atom stereocenters. The number of methoxy groups -OCH3 is 1. The topological polar surface area (TPSA) is 39.2 Å². The molecule has 0 aliphatic carbocycles. The van der Waals surface area contributed by atoms with Gasteiger partial charge in [-0.2, -0.15) is 0 Å². The van der Waals surface area contributed by atoms with Gasteiger partial charge in [0.05, 0.1) is 18.4 Å². The van der Waals surface area contributed by atoms with Crippen molar-refractivity contribution in [3.63, 3.8) is 0 Å². The Morgan fingerprint density at radius 3 is 2.42 bits per heavy atom. The first kappa shape index (κ1) is 14.9. The second-order valence-electron chi connectivity index (χ2n) is 3.65. The maximum Gasteiger partial charge on any atom is 0.339 e. The van der Waals surface area contributed by atoms with Crippen LogP contribution in [0.3, 0.4) is 0 Å². The Hall–Kier alpha value is -2.16. The quantitative estimate of drug-likeness (QED) is 0.790. The first-order valence-electron chi connectivity index (χ1n) is 6.37. The third-order valence-corrected chi connectivity index (χ3v) is 2.51. The molecule has 0 fully saturated rings. The molecular weight excluding hydrogens is 238 g/mol. The maximum atomic E-state index is 11.6. The zero-order valence-corrected chi connectivity index (χ0v) is 11.6. The van der Waals surface area contributed by atoms with Gasteiger partial charge in [0.1, 0.15) is 0 Å². The van der Waals surface area contributed by atoms with E-state index in [1.54, 1.807) is 18.3 Å². The van der Waals surface area contributed by atoms with Gasteiger partial charge < -0.3 is 4.74 Å². The Balaban J connectivity index is 0.000000861. The molecule has 0 spiro atoms. The molecule has 0 radical (unpaired) electrons. The van der Waals surface area contributed by atoms with Crippen molar-refractivity contribution < 1.29 is 9.53 Å². The Morgan fingerprint density at radius 1 is 1.11 bits per heavy atom. The molecule has 0 aliphatic rings. The molecule has 100 valence electrons. The van der Waals surface area contributed by atoms with E-state index in [2.05, 4.69) is 4.98 Å². The molecule has 19 heavy (non-hydrogen) atoms. The van der Waals surface area contributed by atoms with Crippen molar-refractivity contribution in [2.24, 2.45) is 0 Å². The lowest BCUT2D eigenvalue weighted by Crippen LogP contribution is -2.07. The lowest BCUT2D eigenvalue weighted by atomic mass is 10.1. The van der Waals surface area contributed by atoms with Crippen LogP contribution in [0.4, 0.5) is 0 Å². The predicted molar refractivity (Wildman–Crippen MR) is 76.2 cm³/mol. The van der Waals surface area contributed by atoms with Crippen molar-refractivity contribution in [2.75, 3.05) is 7.11 Å². The van der Waals surface area contributed by atoms with Gasteiger partial charge in [-0.1, -0.05) is 44.2 Å². The second-order valence-corrected chi connectivity index (χ2v) is 3.65. The van der Waals surface area contributed by atoms with Crippen molar-refractivity contribution in [1.82, 2.24) is 4.98 Å². The van der Waals surface area contributed by atoms with Gasteiger partial charge in [-0.25, -0.2) is 4.79 Å². The maximum absolute atomic E-state index is 11.6. The van der Waals surface area contributed by atoms with Crippen molar-refractivity contribution in [1.29, 1.82) is 0 Å². The Kier molecular flexibility index (Phi) is 6.30. The van der Waals surface area contributed by atoms with Crippen LogP contribution in [0.15, 0.2) is 48.7 Å². The summed E-state index contributed by atoms with van der Waals surface area (Å²) < 4.78 is 4.74. The van der Waals surface area contributed by atoms with Gasteiger partial charge in [0, 0.05) is 12.6 Å². The van der Waals surface area contributed by atoms with Gasteiger partial charge in [-0.15, -0.1) is 0 Å². The first-order chi connectivity index (χ1) is 9.31. The average Bonchev–Trinajstić information content (AvgIpc) is 2.50. The smallest absolute Gasteiger partial charge is 0.339 e. The molecule has 2 aromatic rings. The standard InChI is InChI=1S/C14H13NO2.C2H6/c1-17-14(16)12-8-5-9-15-13(12)10-11-6-3-2-4-7-11;1-2/h2-9H,10H2,1H3;1-2H3. The highest BCUT2D eigenvalue weighted by Gasteiger charge is 2.12. The Labute approximate surface area is 114 Å². The molecule has 0 bridgehead atoms. The van der Waals surface area contributed by atoms with E-state index >= 15 is 0 Å². The number of nitrogens with zero attached hydrogens (tertiary/aromatic N) is 1. The van der Waals surface area contributed by atoms with Crippen LogP contribution in [-0.4, -0.2) is 18.1 Å². The fourth-order valence-corrected chi connectivity index (χ4v) is 1.66. The summed E-state index contributed by atoms with van der Waals surface area (Å²) in [5, 5.41) is 0. The average molecular weight is 257 g/mol. The predicted octanol–water partition coefficient (Wildman–Crippen LogP) is 3.49. The van der Waals surface area contributed by atoms with Crippen LogP contribution in [-0.2, 0) is 11.2 Å². The fraction of sp³-hybridized carbons (Fsp3) is 0.250. The molecule has 0 amide bonds. The number of hydrogen-bond donors (Lipinski definition) is 0. The third-order valence-electron chi connectivity index (χ3n) is 2.51. The largest absolute Gasteiger partial charge is 0.465 e. The summed E-state index contributed by atoms with van der Waals surface area (Å²) in [5.41, 5.74) is 2.39. The number of rotatable bonds is 3. The molecule has 3 nitrogen and oxygen atoms in total. The van der Waals surface area contributed by atoms with Gasteiger partial charge in [0.2, 0.25) is 0 Å². The summed E-state index contributed by atoms with van der Waals surface area (Å²) in [6.07, 6.45) is 2.32. The Morgan fingerprint density at radius 2 is 1.79 bits per heavy atom. The molecule has 1 heterocycles. The van der Waals surface area contributed by atoms with E-state index in [1.807, 2.05) is 44.2 Å². The minimum absolute atomic E-state index is 0.343. The number of hydrogen-bond acceptors (Lipinski definition) is 3. The summed E-state index contributed by atoms with van der Waals surface area (Å²) in [5.74, 6) is -0.343. The van der Waals surface area contributed by atoms with E-state index in [9.17, 15) is 4.79 Å². The third kappa shape index (κ3) is 4.21. The molecule has 0 saturated carbocycles. The van der Waals surface area contributed by atoms with Gasteiger partial charge in [-0.05, 0) is 17.7 Å². The Bertz CT molecular complexity index is 509. The van der Waals surface area contributed by atoms with Gasteiger partial charge in [-0.3, -0.25) is 4.98 Å². The highest BCUT2D eigenvalue weighted by Crippen LogP contribution is 2.12. The SMILES string of the molecule is CC.COC(=O)c1cccnc1Cc1ccccc1. The minimum atomic E-state index is -0.343. The summed E-state index contributed by atoms with van der Waals surface area (Å²) in [6.45, 7) is 4.00.